The molecule has 1 amide bonds. The normalized spacial score (nSPS) is 11.1. The van der Waals surface area contributed by atoms with Crippen LogP contribution in [0.15, 0.2) is 18.3 Å². The van der Waals surface area contributed by atoms with Crippen LogP contribution >= 0.6 is 0 Å². The predicted molar refractivity (Wildman–Crippen MR) is 70.2 cm³/mol. The number of nitrogens with zero attached hydrogens (tertiary/aromatic N) is 1. The van der Waals surface area contributed by atoms with Crippen molar-refractivity contribution >= 4 is 11.6 Å². The summed E-state index contributed by atoms with van der Waals surface area (Å²) in [5.74, 6) is -0.119. The monoisotopic (exact) mass is 235 g/mol. The lowest BCUT2D eigenvalue weighted by molar-refractivity contribution is 0.0904. The fourth-order valence-electron chi connectivity index (χ4n) is 1.73. The molecule has 17 heavy (non-hydrogen) atoms. The maximum absolute atomic E-state index is 11.9. The summed E-state index contributed by atoms with van der Waals surface area (Å²) in [5, 5.41) is 5.96. The molecule has 0 aromatic carbocycles. The average Bonchev–Trinajstić information content (AvgIpc) is 2.28. The molecule has 0 bridgehead atoms. The van der Waals surface area contributed by atoms with Crippen molar-refractivity contribution in [2.75, 3.05) is 12.4 Å². The standard InChI is InChI=1S/C13H21N3O/c1-5-8-13(2,3)16-12(17)11-7-6-10(14-4)9-15-11/h6-7,9,14H,5,8H2,1-4H3,(H,16,17). The smallest absolute Gasteiger partial charge is 0.270 e. The van der Waals surface area contributed by atoms with Gasteiger partial charge in [0.1, 0.15) is 5.69 Å². The Labute approximate surface area is 103 Å². The molecule has 4 heteroatoms. The van der Waals surface area contributed by atoms with Gasteiger partial charge in [0.2, 0.25) is 0 Å². The Balaban J connectivity index is 2.69. The lowest BCUT2D eigenvalue weighted by Crippen LogP contribution is -2.43. The van der Waals surface area contributed by atoms with E-state index in [4.69, 9.17) is 0 Å². The second-order valence-electron chi connectivity index (χ2n) is 4.77. The summed E-state index contributed by atoms with van der Waals surface area (Å²) >= 11 is 0. The number of aromatic nitrogens is 1. The molecule has 0 fully saturated rings. The molecule has 0 saturated carbocycles. The average molecular weight is 235 g/mol. The summed E-state index contributed by atoms with van der Waals surface area (Å²) in [5.41, 5.74) is 1.16. The first-order valence-electron chi connectivity index (χ1n) is 5.95. The Morgan fingerprint density at radius 3 is 2.59 bits per heavy atom. The number of anilines is 1. The molecule has 1 aromatic rings. The molecule has 0 aliphatic carbocycles. The van der Waals surface area contributed by atoms with Gasteiger partial charge in [-0.2, -0.15) is 0 Å². The predicted octanol–water partition coefficient (Wildman–Crippen LogP) is 2.43. The highest BCUT2D eigenvalue weighted by Crippen LogP contribution is 2.12. The van der Waals surface area contributed by atoms with Crippen LogP contribution in [0, 0.1) is 0 Å². The second-order valence-corrected chi connectivity index (χ2v) is 4.77. The fraction of sp³-hybridized carbons (Fsp3) is 0.538. The quantitative estimate of drug-likeness (QED) is 0.824. The molecule has 0 spiro atoms. The highest BCUT2D eigenvalue weighted by Gasteiger charge is 2.20. The zero-order chi connectivity index (χ0) is 12.9. The molecule has 0 unspecified atom stereocenters. The van der Waals surface area contributed by atoms with Gasteiger partial charge in [0.25, 0.3) is 5.91 Å². The molecule has 2 N–H and O–H groups in total. The van der Waals surface area contributed by atoms with Crippen LogP contribution < -0.4 is 10.6 Å². The SMILES string of the molecule is CCCC(C)(C)NC(=O)c1ccc(NC)cn1. The summed E-state index contributed by atoms with van der Waals surface area (Å²) in [6.45, 7) is 6.15. The van der Waals surface area contributed by atoms with Crippen molar-refractivity contribution in [1.29, 1.82) is 0 Å². The molecule has 1 heterocycles. The number of amides is 1. The van der Waals surface area contributed by atoms with E-state index >= 15 is 0 Å². The van der Waals surface area contributed by atoms with E-state index in [1.165, 1.54) is 0 Å². The van der Waals surface area contributed by atoms with Crippen molar-refractivity contribution in [3.05, 3.63) is 24.0 Å². The Bertz CT molecular complexity index is 371. The fourth-order valence-corrected chi connectivity index (χ4v) is 1.73. The lowest BCUT2D eigenvalue weighted by Gasteiger charge is -2.25. The Kier molecular flexibility index (Phi) is 4.49. The largest absolute Gasteiger partial charge is 0.387 e. The molecule has 0 aliphatic rings. The summed E-state index contributed by atoms with van der Waals surface area (Å²) in [7, 11) is 1.82. The maximum atomic E-state index is 11.9. The molecular formula is C13H21N3O. The van der Waals surface area contributed by atoms with Crippen LogP contribution in [0.4, 0.5) is 5.69 Å². The van der Waals surface area contributed by atoms with Crippen LogP contribution in [-0.2, 0) is 0 Å². The maximum Gasteiger partial charge on any atom is 0.270 e. The van der Waals surface area contributed by atoms with E-state index in [0.717, 1.165) is 18.5 Å². The number of carbonyl (C=O) groups excluding carboxylic acids is 1. The van der Waals surface area contributed by atoms with Crippen molar-refractivity contribution in [3.8, 4) is 0 Å². The first-order valence-corrected chi connectivity index (χ1v) is 5.95. The van der Waals surface area contributed by atoms with Crippen molar-refractivity contribution in [3.63, 3.8) is 0 Å². The minimum atomic E-state index is -0.185. The highest BCUT2D eigenvalue weighted by molar-refractivity contribution is 5.92. The van der Waals surface area contributed by atoms with E-state index in [0.29, 0.717) is 5.69 Å². The van der Waals surface area contributed by atoms with Crippen molar-refractivity contribution in [1.82, 2.24) is 10.3 Å². The molecule has 0 saturated heterocycles. The third-order valence-electron chi connectivity index (χ3n) is 2.61. The van der Waals surface area contributed by atoms with Gasteiger partial charge in [-0.25, -0.2) is 4.98 Å². The zero-order valence-corrected chi connectivity index (χ0v) is 11.0. The first-order chi connectivity index (χ1) is 7.98. The molecule has 0 radical (unpaired) electrons. The van der Waals surface area contributed by atoms with Gasteiger partial charge in [0.15, 0.2) is 0 Å². The van der Waals surface area contributed by atoms with Gasteiger partial charge in [-0.3, -0.25) is 4.79 Å². The summed E-state index contributed by atoms with van der Waals surface area (Å²) in [4.78, 5) is 16.1. The topological polar surface area (TPSA) is 54.0 Å². The van der Waals surface area contributed by atoms with E-state index in [1.807, 2.05) is 27.0 Å². The van der Waals surface area contributed by atoms with Gasteiger partial charge in [-0.15, -0.1) is 0 Å². The van der Waals surface area contributed by atoms with Gasteiger partial charge in [0.05, 0.1) is 11.9 Å². The van der Waals surface area contributed by atoms with Crippen LogP contribution in [0.5, 0.6) is 0 Å². The Morgan fingerprint density at radius 1 is 1.41 bits per heavy atom. The van der Waals surface area contributed by atoms with E-state index in [9.17, 15) is 4.79 Å². The number of hydrogen-bond acceptors (Lipinski definition) is 3. The molecule has 1 rings (SSSR count). The number of rotatable bonds is 5. The third-order valence-corrected chi connectivity index (χ3v) is 2.61. The van der Waals surface area contributed by atoms with Gasteiger partial charge in [0, 0.05) is 12.6 Å². The van der Waals surface area contributed by atoms with Crippen molar-refractivity contribution in [2.24, 2.45) is 0 Å². The zero-order valence-electron chi connectivity index (χ0n) is 11.0. The van der Waals surface area contributed by atoms with Gasteiger partial charge in [-0.05, 0) is 32.4 Å². The number of hydrogen-bond donors (Lipinski definition) is 2. The summed E-state index contributed by atoms with van der Waals surface area (Å²) in [6.07, 6.45) is 3.65. The van der Waals surface area contributed by atoms with Gasteiger partial charge >= 0.3 is 0 Å². The Morgan fingerprint density at radius 2 is 2.12 bits per heavy atom. The van der Waals surface area contributed by atoms with Crippen LogP contribution in [0.2, 0.25) is 0 Å². The lowest BCUT2D eigenvalue weighted by atomic mass is 9.99. The first kappa shape index (κ1) is 13.5. The van der Waals surface area contributed by atoms with Crippen molar-refractivity contribution < 1.29 is 4.79 Å². The molecule has 94 valence electrons. The molecule has 0 atom stereocenters. The Hall–Kier alpha value is -1.58. The number of pyridine rings is 1. The van der Waals surface area contributed by atoms with E-state index in [-0.39, 0.29) is 11.4 Å². The summed E-state index contributed by atoms with van der Waals surface area (Å²) < 4.78 is 0. The molecule has 1 aromatic heterocycles. The third kappa shape index (κ3) is 4.06. The minimum absolute atomic E-state index is 0.119. The van der Waals surface area contributed by atoms with Crippen LogP contribution in [0.3, 0.4) is 0 Å². The number of nitrogens with one attached hydrogen (secondary N) is 2. The molecule has 0 aliphatic heterocycles. The number of carbonyl (C=O) groups is 1. The van der Waals surface area contributed by atoms with E-state index in [1.54, 1.807) is 12.3 Å². The van der Waals surface area contributed by atoms with E-state index < -0.39 is 0 Å². The van der Waals surface area contributed by atoms with Crippen LogP contribution in [-0.4, -0.2) is 23.5 Å². The second kappa shape index (κ2) is 5.66. The molecule has 4 nitrogen and oxygen atoms in total. The van der Waals surface area contributed by atoms with E-state index in [2.05, 4.69) is 22.5 Å². The summed E-state index contributed by atoms with van der Waals surface area (Å²) in [6, 6.07) is 3.57. The highest BCUT2D eigenvalue weighted by atomic mass is 16.2. The van der Waals surface area contributed by atoms with Crippen LogP contribution in [0.1, 0.15) is 44.1 Å². The van der Waals surface area contributed by atoms with Crippen LogP contribution in [0.25, 0.3) is 0 Å². The molecular weight excluding hydrogens is 214 g/mol. The van der Waals surface area contributed by atoms with Gasteiger partial charge < -0.3 is 10.6 Å². The minimum Gasteiger partial charge on any atom is -0.387 e. The van der Waals surface area contributed by atoms with Crippen molar-refractivity contribution in [2.45, 2.75) is 39.2 Å². The van der Waals surface area contributed by atoms with Gasteiger partial charge in [-0.1, -0.05) is 13.3 Å².